The van der Waals surface area contributed by atoms with E-state index in [-0.39, 0.29) is 18.7 Å². The maximum atomic E-state index is 12.0. The van der Waals surface area contributed by atoms with Gasteiger partial charge in [-0.15, -0.1) is 0 Å². The Morgan fingerprint density at radius 1 is 1.39 bits per heavy atom. The third-order valence-corrected chi connectivity index (χ3v) is 4.08. The van der Waals surface area contributed by atoms with Crippen LogP contribution in [0.1, 0.15) is 25.8 Å². The Hall–Kier alpha value is -1.85. The first-order chi connectivity index (χ1) is 10.9. The fourth-order valence-electron chi connectivity index (χ4n) is 2.96. The topological polar surface area (TPSA) is 49.7 Å². The second kappa shape index (κ2) is 6.34. The predicted molar refractivity (Wildman–Crippen MR) is 87.1 cm³/mol. The lowest BCUT2D eigenvalue weighted by Gasteiger charge is -2.16. The minimum absolute atomic E-state index is 0.175. The van der Waals surface area contributed by atoms with Crippen LogP contribution in [0.3, 0.4) is 0 Å². The van der Waals surface area contributed by atoms with Crippen molar-refractivity contribution in [1.29, 1.82) is 0 Å². The van der Waals surface area contributed by atoms with Crippen LogP contribution in [0.15, 0.2) is 30.5 Å². The molecule has 0 amide bonds. The summed E-state index contributed by atoms with van der Waals surface area (Å²) in [6.07, 6.45) is 2.94. The first-order valence-electron chi connectivity index (χ1n) is 7.95. The van der Waals surface area contributed by atoms with Crippen molar-refractivity contribution in [2.75, 3.05) is 13.2 Å². The van der Waals surface area contributed by atoms with Gasteiger partial charge >= 0.3 is 5.97 Å². The van der Waals surface area contributed by atoms with Crippen molar-refractivity contribution >= 4 is 16.9 Å². The Morgan fingerprint density at radius 2 is 2.17 bits per heavy atom. The summed E-state index contributed by atoms with van der Waals surface area (Å²) in [6.45, 7) is 4.42. The maximum absolute atomic E-state index is 12.0. The van der Waals surface area contributed by atoms with Crippen LogP contribution in [0.25, 0.3) is 10.9 Å². The summed E-state index contributed by atoms with van der Waals surface area (Å²) in [5, 5.41) is 1.19. The molecule has 2 aromatic rings. The zero-order valence-corrected chi connectivity index (χ0v) is 13.9. The average Bonchev–Trinajstić information content (AvgIpc) is 3.03. The van der Waals surface area contributed by atoms with Gasteiger partial charge in [0.15, 0.2) is 5.79 Å². The van der Waals surface area contributed by atoms with E-state index in [0.29, 0.717) is 19.4 Å². The molecule has 1 atom stereocenters. The minimum Gasteiger partial charge on any atom is -0.463 e. The molecule has 1 aliphatic rings. The molecule has 0 N–H and O–H groups in total. The number of benzene rings is 1. The summed E-state index contributed by atoms with van der Waals surface area (Å²) in [6, 6.07) is 8.20. The third-order valence-electron chi connectivity index (χ3n) is 4.08. The third kappa shape index (κ3) is 3.74. The minimum atomic E-state index is -0.583. The Balaban J connectivity index is 1.51. The van der Waals surface area contributed by atoms with Crippen LogP contribution in [0, 0.1) is 0 Å². The highest BCUT2D eigenvalue weighted by atomic mass is 16.7. The van der Waals surface area contributed by atoms with Crippen LogP contribution >= 0.6 is 0 Å². The van der Waals surface area contributed by atoms with Crippen LogP contribution in [0.5, 0.6) is 0 Å². The summed E-state index contributed by atoms with van der Waals surface area (Å²) in [4.78, 5) is 12.0. The lowest BCUT2D eigenvalue weighted by atomic mass is 10.1. The van der Waals surface area contributed by atoms with Gasteiger partial charge in [-0.2, -0.15) is 0 Å². The molecule has 1 aromatic carbocycles. The summed E-state index contributed by atoms with van der Waals surface area (Å²) in [7, 11) is 2.02. The van der Waals surface area contributed by atoms with Gasteiger partial charge in [-0.1, -0.05) is 18.2 Å². The van der Waals surface area contributed by atoms with Gasteiger partial charge in [-0.05, 0) is 31.9 Å². The van der Waals surface area contributed by atoms with E-state index in [1.807, 2.05) is 33.0 Å². The van der Waals surface area contributed by atoms with E-state index in [0.717, 1.165) is 0 Å². The summed E-state index contributed by atoms with van der Waals surface area (Å²) < 4.78 is 18.5. The van der Waals surface area contributed by atoms with E-state index in [4.69, 9.17) is 14.2 Å². The van der Waals surface area contributed by atoms with E-state index in [2.05, 4.69) is 22.9 Å². The van der Waals surface area contributed by atoms with Gasteiger partial charge in [-0.3, -0.25) is 4.79 Å². The van der Waals surface area contributed by atoms with Gasteiger partial charge in [0, 0.05) is 30.6 Å². The Labute approximate surface area is 136 Å². The molecule has 23 heavy (non-hydrogen) atoms. The van der Waals surface area contributed by atoms with Crippen LogP contribution in [0.4, 0.5) is 0 Å². The normalized spacial score (nSPS) is 20.0. The molecule has 0 saturated carbocycles. The quantitative estimate of drug-likeness (QED) is 0.796. The van der Waals surface area contributed by atoms with Gasteiger partial charge in [0.25, 0.3) is 0 Å². The molecule has 1 aliphatic heterocycles. The second-order valence-corrected chi connectivity index (χ2v) is 6.42. The zero-order valence-electron chi connectivity index (χ0n) is 13.9. The highest BCUT2D eigenvalue weighted by Gasteiger charge is 2.33. The molecule has 0 radical (unpaired) electrons. The van der Waals surface area contributed by atoms with Crippen LogP contribution in [0.2, 0.25) is 0 Å². The summed E-state index contributed by atoms with van der Waals surface area (Å²) >= 11 is 0. The number of rotatable bonds is 5. The van der Waals surface area contributed by atoms with Crippen molar-refractivity contribution in [2.45, 2.75) is 38.6 Å². The Kier molecular flexibility index (Phi) is 4.41. The number of ether oxygens (including phenoxy) is 3. The SMILES string of the molecule is Cn1cc(CCC(=O)OCC2COC(C)(C)O2)c2ccccc21. The second-order valence-electron chi connectivity index (χ2n) is 6.42. The molecule has 5 heteroatoms. The Bertz CT molecular complexity index is 704. The van der Waals surface area contributed by atoms with Crippen LogP contribution in [-0.4, -0.2) is 35.6 Å². The van der Waals surface area contributed by atoms with Crippen molar-refractivity contribution in [3.05, 3.63) is 36.0 Å². The molecule has 124 valence electrons. The molecule has 0 spiro atoms. The largest absolute Gasteiger partial charge is 0.463 e. The van der Waals surface area contributed by atoms with E-state index < -0.39 is 5.79 Å². The van der Waals surface area contributed by atoms with E-state index >= 15 is 0 Å². The van der Waals surface area contributed by atoms with Gasteiger partial charge in [0.2, 0.25) is 0 Å². The molecule has 1 fully saturated rings. The number of hydrogen-bond acceptors (Lipinski definition) is 4. The van der Waals surface area contributed by atoms with Crippen LogP contribution < -0.4 is 0 Å². The Morgan fingerprint density at radius 3 is 2.91 bits per heavy atom. The van der Waals surface area contributed by atoms with Gasteiger partial charge in [0.05, 0.1) is 6.61 Å². The number of carbonyl (C=O) groups is 1. The van der Waals surface area contributed by atoms with E-state index in [1.54, 1.807) is 0 Å². The van der Waals surface area contributed by atoms with Crippen LogP contribution in [-0.2, 0) is 32.5 Å². The highest BCUT2D eigenvalue weighted by molar-refractivity contribution is 5.84. The summed E-state index contributed by atoms with van der Waals surface area (Å²) in [5.74, 6) is -0.786. The predicted octanol–water partition coefficient (Wildman–Crippen LogP) is 2.81. The molecule has 3 rings (SSSR count). The number of fused-ring (bicyclic) bond motifs is 1. The molecule has 1 saturated heterocycles. The summed E-state index contributed by atoms with van der Waals surface area (Å²) in [5.41, 5.74) is 2.34. The fourth-order valence-corrected chi connectivity index (χ4v) is 2.96. The van der Waals surface area contributed by atoms with Crippen molar-refractivity contribution in [3.63, 3.8) is 0 Å². The number of aryl methyl sites for hydroxylation is 2. The molecule has 1 aromatic heterocycles. The molecule has 1 unspecified atom stereocenters. The smallest absolute Gasteiger partial charge is 0.306 e. The molecular weight excluding hydrogens is 294 g/mol. The molecule has 2 heterocycles. The number of aromatic nitrogens is 1. The number of para-hydroxylation sites is 1. The zero-order chi connectivity index (χ0) is 16.4. The fraction of sp³-hybridized carbons (Fsp3) is 0.500. The number of esters is 1. The standard InChI is InChI=1S/C18H23NO4/c1-18(2)22-12-14(23-18)11-21-17(20)9-8-13-10-19(3)16-7-5-4-6-15(13)16/h4-7,10,14H,8-9,11-12H2,1-3H3. The number of carbonyl (C=O) groups excluding carboxylic acids is 1. The van der Waals surface area contributed by atoms with Crippen molar-refractivity contribution in [3.8, 4) is 0 Å². The maximum Gasteiger partial charge on any atom is 0.306 e. The monoisotopic (exact) mass is 317 g/mol. The molecule has 0 bridgehead atoms. The van der Waals surface area contributed by atoms with E-state index in [1.165, 1.54) is 16.5 Å². The molecule has 5 nitrogen and oxygen atoms in total. The first-order valence-corrected chi connectivity index (χ1v) is 7.95. The number of hydrogen-bond donors (Lipinski definition) is 0. The first kappa shape index (κ1) is 16.0. The van der Waals surface area contributed by atoms with Crippen molar-refractivity contribution in [1.82, 2.24) is 4.57 Å². The van der Waals surface area contributed by atoms with Gasteiger partial charge in [-0.25, -0.2) is 0 Å². The average molecular weight is 317 g/mol. The lowest BCUT2D eigenvalue weighted by molar-refractivity contribution is -0.158. The number of nitrogens with zero attached hydrogens (tertiary/aromatic N) is 1. The van der Waals surface area contributed by atoms with Gasteiger partial charge < -0.3 is 18.8 Å². The van der Waals surface area contributed by atoms with E-state index in [9.17, 15) is 4.79 Å². The molecular formula is C18H23NO4. The molecule has 0 aliphatic carbocycles. The highest BCUT2D eigenvalue weighted by Crippen LogP contribution is 2.23. The van der Waals surface area contributed by atoms with Crippen molar-refractivity contribution < 1.29 is 19.0 Å². The van der Waals surface area contributed by atoms with Crippen molar-refractivity contribution in [2.24, 2.45) is 7.05 Å². The lowest BCUT2D eigenvalue weighted by Crippen LogP contribution is -2.25. The van der Waals surface area contributed by atoms with Gasteiger partial charge in [0.1, 0.15) is 12.7 Å².